The van der Waals surface area contributed by atoms with Gasteiger partial charge in [0.25, 0.3) is 5.91 Å². The van der Waals surface area contributed by atoms with Gasteiger partial charge in [-0.05, 0) is 26.0 Å². The van der Waals surface area contributed by atoms with Crippen molar-refractivity contribution in [2.75, 3.05) is 19.8 Å². The average Bonchev–Trinajstić information content (AvgIpc) is 2.69. The molecular weight excluding hydrogens is 382 g/mol. The molecular formula is C19H25N3O7. The first-order chi connectivity index (χ1) is 13.8. The van der Waals surface area contributed by atoms with Crippen LogP contribution < -0.4 is 16.4 Å². The lowest BCUT2D eigenvalue weighted by Crippen LogP contribution is -2.54. The van der Waals surface area contributed by atoms with E-state index in [1.807, 2.05) is 0 Å². The maximum atomic E-state index is 12.2. The topological polar surface area (TPSA) is 154 Å². The number of rotatable bonds is 11. The summed E-state index contributed by atoms with van der Waals surface area (Å²) in [5.41, 5.74) is 5.66. The highest BCUT2D eigenvalue weighted by Crippen LogP contribution is 2.13. The van der Waals surface area contributed by atoms with Crippen molar-refractivity contribution in [3.05, 3.63) is 35.9 Å². The number of hydrogen-bond donors (Lipinski definition) is 3. The molecule has 0 aliphatic heterocycles. The van der Waals surface area contributed by atoms with E-state index in [4.69, 9.17) is 15.2 Å². The first-order valence-corrected chi connectivity index (χ1v) is 9.04. The van der Waals surface area contributed by atoms with Gasteiger partial charge in [-0.15, -0.1) is 0 Å². The van der Waals surface area contributed by atoms with Gasteiger partial charge in [0, 0.05) is 5.56 Å². The van der Waals surface area contributed by atoms with Crippen molar-refractivity contribution in [1.29, 1.82) is 0 Å². The number of nitrogens with two attached hydrogens (primary N) is 1. The molecule has 0 aliphatic rings. The van der Waals surface area contributed by atoms with E-state index in [0.29, 0.717) is 5.56 Å². The zero-order chi connectivity index (χ0) is 21.8. The van der Waals surface area contributed by atoms with Crippen LogP contribution in [0.15, 0.2) is 30.3 Å². The Morgan fingerprint density at radius 3 is 2.17 bits per heavy atom. The van der Waals surface area contributed by atoms with E-state index in [2.05, 4.69) is 10.6 Å². The molecule has 0 radical (unpaired) electrons. The van der Waals surface area contributed by atoms with Crippen LogP contribution in [-0.2, 0) is 28.7 Å². The molecule has 2 atom stereocenters. The number of benzene rings is 1. The fourth-order valence-corrected chi connectivity index (χ4v) is 2.43. The molecule has 1 aromatic rings. The van der Waals surface area contributed by atoms with Crippen LogP contribution >= 0.6 is 0 Å². The quantitative estimate of drug-likeness (QED) is 0.419. The van der Waals surface area contributed by atoms with Gasteiger partial charge in [0.2, 0.25) is 11.8 Å². The Bertz CT molecular complexity index is 737. The molecule has 4 N–H and O–H groups in total. The molecule has 158 valence electrons. The first kappa shape index (κ1) is 23.6. The van der Waals surface area contributed by atoms with Gasteiger partial charge in [-0.25, -0.2) is 0 Å². The van der Waals surface area contributed by atoms with Crippen LogP contribution in [0.25, 0.3) is 0 Å². The number of ether oxygens (including phenoxy) is 2. The molecule has 0 aliphatic carbocycles. The molecule has 0 saturated carbocycles. The van der Waals surface area contributed by atoms with Gasteiger partial charge in [0.15, 0.2) is 0 Å². The summed E-state index contributed by atoms with van der Waals surface area (Å²) in [6.45, 7) is 2.75. The van der Waals surface area contributed by atoms with Crippen molar-refractivity contribution in [3.8, 4) is 0 Å². The molecule has 0 fully saturated rings. The molecule has 1 rings (SSSR count). The van der Waals surface area contributed by atoms with E-state index in [9.17, 15) is 24.0 Å². The first-order valence-electron chi connectivity index (χ1n) is 9.04. The van der Waals surface area contributed by atoms with E-state index in [-0.39, 0.29) is 13.2 Å². The zero-order valence-corrected chi connectivity index (χ0v) is 16.3. The Labute approximate surface area is 168 Å². The highest BCUT2D eigenvalue weighted by atomic mass is 16.5. The summed E-state index contributed by atoms with van der Waals surface area (Å²) in [6, 6.07) is 6.68. The van der Waals surface area contributed by atoms with Crippen LogP contribution in [0.3, 0.4) is 0 Å². The lowest BCUT2D eigenvalue weighted by atomic mass is 9.95. The van der Waals surface area contributed by atoms with Crippen LogP contribution in [0.1, 0.15) is 30.6 Å². The second-order valence-electron chi connectivity index (χ2n) is 5.86. The monoisotopic (exact) mass is 407 g/mol. The fraction of sp³-hybridized carbons (Fsp3) is 0.421. The Morgan fingerprint density at radius 1 is 1.00 bits per heavy atom. The van der Waals surface area contributed by atoms with Gasteiger partial charge in [-0.3, -0.25) is 24.0 Å². The molecule has 0 saturated heterocycles. The normalized spacial score (nSPS) is 12.2. The van der Waals surface area contributed by atoms with Crippen LogP contribution in [0.4, 0.5) is 0 Å². The minimum atomic E-state index is -1.51. The number of primary amides is 1. The number of esters is 2. The average molecular weight is 407 g/mol. The SMILES string of the molecule is CCOC(=O)C[C@@H](C(=O)OCC)[C@H](NC(=O)CNC(=O)c1ccccc1)C(N)=O. The summed E-state index contributed by atoms with van der Waals surface area (Å²) in [5.74, 6) is -5.28. The Hall–Kier alpha value is -3.43. The lowest BCUT2D eigenvalue weighted by Gasteiger charge is -2.23. The second-order valence-corrected chi connectivity index (χ2v) is 5.86. The van der Waals surface area contributed by atoms with Crippen molar-refractivity contribution in [1.82, 2.24) is 10.6 Å². The van der Waals surface area contributed by atoms with Crippen molar-refractivity contribution in [2.24, 2.45) is 11.7 Å². The molecule has 0 heterocycles. The molecule has 0 spiro atoms. The van der Waals surface area contributed by atoms with E-state index >= 15 is 0 Å². The maximum absolute atomic E-state index is 12.2. The third-order valence-corrected chi connectivity index (χ3v) is 3.75. The standard InChI is InChI=1S/C19H25N3O7/c1-3-28-15(24)10-13(19(27)29-4-2)16(17(20)25)22-14(23)11-21-18(26)12-8-6-5-7-9-12/h5-9,13,16H,3-4,10-11H2,1-2H3,(H2,20,25)(H,21,26)(H,22,23)/t13-,16+/m1/s1. The Balaban J connectivity index is 2.81. The summed E-state index contributed by atoms with van der Waals surface area (Å²) in [6.07, 6.45) is -0.503. The van der Waals surface area contributed by atoms with Gasteiger partial charge in [-0.1, -0.05) is 18.2 Å². The van der Waals surface area contributed by atoms with Gasteiger partial charge in [0.05, 0.1) is 32.1 Å². The van der Waals surface area contributed by atoms with Crippen molar-refractivity contribution in [3.63, 3.8) is 0 Å². The van der Waals surface area contributed by atoms with Gasteiger partial charge in [0.1, 0.15) is 6.04 Å². The van der Waals surface area contributed by atoms with Crippen LogP contribution in [0.2, 0.25) is 0 Å². The predicted octanol–water partition coefficient (Wildman–Crippen LogP) is -0.481. The van der Waals surface area contributed by atoms with Crippen molar-refractivity contribution < 1.29 is 33.4 Å². The van der Waals surface area contributed by atoms with Crippen LogP contribution in [0.5, 0.6) is 0 Å². The number of nitrogens with one attached hydrogen (secondary N) is 2. The van der Waals surface area contributed by atoms with Crippen LogP contribution in [0, 0.1) is 5.92 Å². The second kappa shape index (κ2) is 12.1. The summed E-state index contributed by atoms with van der Waals surface area (Å²) in [4.78, 5) is 60.0. The minimum Gasteiger partial charge on any atom is -0.466 e. The molecule has 10 nitrogen and oxygen atoms in total. The summed E-state index contributed by atoms with van der Waals surface area (Å²) < 4.78 is 9.67. The summed E-state index contributed by atoms with van der Waals surface area (Å²) in [7, 11) is 0. The van der Waals surface area contributed by atoms with Gasteiger partial charge >= 0.3 is 11.9 Å². The smallest absolute Gasteiger partial charge is 0.312 e. The lowest BCUT2D eigenvalue weighted by molar-refractivity contribution is -0.157. The van der Waals surface area contributed by atoms with Crippen LogP contribution in [-0.4, -0.2) is 55.5 Å². The summed E-state index contributed by atoms with van der Waals surface area (Å²) >= 11 is 0. The molecule has 0 aromatic heterocycles. The zero-order valence-electron chi connectivity index (χ0n) is 16.3. The summed E-state index contributed by atoms with van der Waals surface area (Å²) in [5, 5.41) is 4.66. The highest BCUT2D eigenvalue weighted by Gasteiger charge is 2.37. The van der Waals surface area contributed by atoms with E-state index < -0.39 is 54.6 Å². The minimum absolute atomic E-state index is 0.00468. The Kier molecular flexibility index (Phi) is 9.86. The van der Waals surface area contributed by atoms with Gasteiger partial charge in [-0.2, -0.15) is 0 Å². The van der Waals surface area contributed by atoms with Crippen molar-refractivity contribution in [2.45, 2.75) is 26.3 Å². The third kappa shape index (κ3) is 7.99. The van der Waals surface area contributed by atoms with E-state index in [1.165, 1.54) is 0 Å². The number of carbonyl (C=O) groups is 5. The largest absolute Gasteiger partial charge is 0.466 e. The third-order valence-electron chi connectivity index (χ3n) is 3.75. The molecule has 0 bridgehead atoms. The molecule has 10 heteroatoms. The molecule has 29 heavy (non-hydrogen) atoms. The number of amides is 3. The van der Waals surface area contributed by atoms with Gasteiger partial charge < -0.3 is 25.8 Å². The molecule has 1 aromatic carbocycles. The molecule has 3 amide bonds. The van der Waals surface area contributed by atoms with E-state index in [0.717, 1.165) is 0 Å². The number of hydrogen-bond acceptors (Lipinski definition) is 7. The molecule has 0 unspecified atom stereocenters. The fourth-order valence-electron chi connectivity index (χ4n) is 2.43. The highest BCUT2D eigenvalue weighted by molar-refractivity contribution is 5.97. The predicted molar refractivity (Wildman–Crippen MR) is 101 cm³/mol. The van der Waals surface area contributed by atoms with Crippen molar-refractivity contribution >= 4 is 29.7 Å². The number of carbonyl (C=O) groups excluding carboxylic acids is 5. The maximum Gasteiger partial charge on any atom is 0.312 e. The Morgan fingerprint density at radius 2 is 1.62 bits per heavy atom. The van der Waals surface area contributed by atoms with E-state index in [1.54, 1.807) is 44.2 Å².